The summed E-state index contributed by atoms with van der Waals surface area (Å²) in [6.07, 6.45) is -17.2. The first-order chi connectivity index (χ1) is 20.1. The number of nitrogens with two attached hydrogens (primary N) is 4. The topological polar surface area (TPSA) is 354 Å². The lowest BCUT2D eigenvalue weighted by Gasteiger charge is -2.48. The summed E-state index contributed by atoms with van der Waals surface area (Å²) in [6.45, 7) is 0.128. The maximum atomic E-state index is 11.4. The van der Waals surface area contributed by atoms with Gasteiger partial charge in [-0.15, -0.1) is 0 Å². The second-order valence-corrected chi connectivity index (χ2v) is 11.0. The highest BCUT2D eigenvalue weighted by Crippen LogP contribution is 2.39. The van der Waals surface area contributed by atoms with Crippen LogP contribution in [0.3, 0.4) is 0 Å². The Kier molecular flexibility index (Phi) is 11.9. The first kappa shape index (κ1) is 35.5. The second-order valence-electron chi connectivity index (χ2n) is 11.0. The molecule has 1 aliphatic carbocycles. The van der Waals surface area contributed by atoms with E-state index < -0.39 is 116 Å². The van der Waals surface area contributed by atoms with Crippen molar-refractivity contribution in [1.29, 1.82) is 5.41 Å². The number of likely N-dealkylation sites (N-methyl/N-ethyl adjacent to an activating group) is 1. The summed E-state index contributed by atoms with van der Waals surface area (Å²) >= 11 is 0. The van der Waals surface area contributed by atoms with Gasteiger partial charge < -0.3 is 88.1 Å². The maximum Gasteiger partial charge on any atom is 0.187 e. The zero-order chi connectivity index (χ0) is 32.4. The van der Waals surface area contributed by atoms with Crippen molar-refractivity contribution in [2.75, 3.05) is 33.4 Å². The highest BCUT2D eigenvalue weighted by Gasteiger charge is 2.60. The van der Waals surface area contributed by atoms with Crippen LogP contribution in [-0.4, -0.2) is 182 Å². The van der Waals surface area contributed by atoms with Gasteiger partial charge in [0, 0.05) is 13.1 Å². The molecular weight excluding hydrogens is 580 g/mol. The Morgan fingerprint density at radius 1 is 0.977 bits per heavy atom. The Morgan fingerprint density at radius 3 is 2.16 bits per heavy atom. The van der Waals surface area contributed by atoms with Gasteiger partial charge in [0.05, 0.1) is 31.4 Å². The number of aliphatic imine (C=N–C) groups is 1. The molecular formula is C23H46N8O12. The first-order valence-electron chi connectivity index (χ1n) is 13.7. The molecule has 0 spiro atoms. The molecule has 15 atom stereocenters. The molecule has 0 bridgehead atoms. The maximum absolute atomic E-state index is 11.4. The molecule has 2 aliphatic heterocycles. The fourth-order valence-corrected chi connectivity index (χ4v) is 5.71. The number of aliphatic hydroxyl groups is 8. The van der Waals surface area contributed by atoms with Gasteiger partial charge in [0.15, 0.2) is 24.5 Å². The smallest absolute Gasteiger partial charge is 0.187 e. The SMILES string of the molecule is C[C@@H]1O[C@@H](OC2[C@@H](N=C(N)N)C(O)C(NC(=N)N)[C@H](O)[C@@H]2O)C(OC2OC(CO)[C@H](O)[C@H](O)C2N(C)CCN)[C@]1(O)CO. The van der Waals surface area contributed by atoms with Crippen LogP contribution in [0.25, 0.3) is 0 Å². The summed E-state index contributed by atoms with van der Waals surface area (Å²) < 4.78 is 23.6. The standard InChI is InChI=1S/C23H46N8O12/c1-7-23(39,6-33)18(43-19-11(31(2)4-3-24)15(37)12(34)8(5-32)41-19)20(40-7)42-17-10(30-22(27)28)13(35)9(29-21(25)26)14(36)16(17)38/h7-20,32-39H,3-6,24H2,1-2H3,(H4,25,26,29)(H4,27,28,30)/t7-,8?,9?,10-,11?,12-,13?,14-,15+,16-,17?,18?,19?,20-,23-/m0/s1. The molecule has 0 amide bonds. The van der Waals surface area contributed by atoms with E-state index in [0.29, 0.717) is 0 Å². The molecule has 0 aromatic heterocycles. The molecule has 43 heavy (non-hydrogen) atoms. The van der Waals surface area contributed by atoms with Crippen LogP contribution in [0.15, 0.2) is 4.99 Å². The fraction of sp³-hybridized carbons (Fsp3) is 0.913. The predicted octanol–water partition coefficient (Wildman–Crippen LogP) is -8.49. The van der Waals surface area contributed by atoms with Crippen molar-refractivity contribution in [3.63, 3.8) is 0 Å². The van der Waals surface area contributed by atoms with Crippen molar-refractivity contribution in [2.45, 2.75) is 98.2 Å². The number of guanidine groups is 2. The van der Waals surface area contributed by atoms with Gasteiger partial charge in [-0.2, -0.15) is 0 Å². The molecule has 2 heterocycles. The lowest BCUT2D eigenvalue weighted by atomic mass is 9.81. The molecule has 250 valence electrons. The van der Waals surface area contributed by atoms with Gasteiger partial charge in [-0.1, -0.05) is 0 Å². The van der Waals surface area contributed by atoms with E-state index >= 15 is 0 Å². The van der Waals surface area contributed by atoms with Gasteiger partial charge in [-0.05, 0) is 14.0 Å². The number of hydrogen-bond acceptors (Lipinski definition) is 16. The number of aliphatic hydroxyl groups excluding tert-OH is 7. The molecule has 20 heteroatoms. The minimum absolute atomic E-state index is 0.151. The van der Waals surface area contributed by atoms with Crippen LogP contribution in [-0.2, 0) is 18.9 Å². The predicted molar refractivity (Wildman–Crippen MR) is 146 cm³/mol. The van der Waals surface area contributed by atoms with Crippen molar-refractivity contribution >= 4 is 11.9 Å². The second kappa shape index (κ2) is 14.4. The molecule has 18 N–H and O–H groups in total. The average Bonchev–Trinajstić information content (AvgIpc) is 3.17. The Bertz CT molecular complexity index is 967. The van der Waals surface area contributed by atoms with E-state index in [1.807, 2.05) is 0 Å². The average molecular weight is 627 g/mol. The summed E-state index contributed by atoms with van der Waals surface area (Å²) in [5.41, 5.74) is 19.9. The summed E-state index contributed by atoms with van der Waals surface area (Å²) in [5.74, 6) is -1.14. The Labute approximate surface area is 247 Å². The van der Waals surface area contributed by atoms with E-state index in [0.717, 1.165) is 0 Å². The normalized spacial score (nSPS) is 45.2. The molecule has 1 saturated carbocycles. The highest BCUT2D eigenvalue weighted by atomic mass is 16.8. The number of ether oxygens (including phenoxy) is 4. The van der Waals surface area contributed by atoms with Crippen molar-refractivity contribution in [1.82, 2.24) is 10.2 Å². The van der Waals surface area contributed by atoms with Crippen LogP contribution in [0, 0.1) is 5.41 Å². The molecule has 20 nitrogen and oxygen atoms in total. The minimum atomic E-state index is -2.18. The molecule has 3 aliphatic rings. The van der Waals surface area contributed by atoms with E-state index in [1.165, 1.54) is 11.8 Å². The molecule has 0 radical (unpaired) electrons. The van der Waals surface area contributed by atoms with Gasteiger partial charge in [0.2, 0.25) is 0 Å². The lowest BCUT2D eigenvalue weighted by Crippen LogP contribution is -2.70. The molecule has 0 aromatic rings. The summed E-state index contributed by atoms with van der Waals surface area (Å²) in [7, 11) is 1.57. The van der Waals surface area contributed by atoms with Crippen molar-refractivity contribution in [2.24, 2.45) is 27.9 Å². The van der Waals surface area contributed by atoms with Crippen molar-refractivity contribution in [3.8, 4) is 0 Å². The fourth-order valence-electron chi connectivity index (χ4n) is 5.71. The lowest BCUT2D eigenvalue weighted by molar-refractivity contribution is -0.327. The number of hydrogen-bond donors (Lipinski definition) is 14. The van der Waals surface area contributed by atoms with E-state index in [2.05, 4.69) is 10.3 Å². The van der Waals surface area contributed by atoms with Gasteiger partial charge in [-0.3, -0.25) is 10.3 Å². The van der Waals surface area contributed by atoms with E-state index in [4.69, 9.17) is 47.3 Å². The summed E-state index contributed by atoms with van der Waals surface area (Å²) in [4.78, 5) is 5.46. The highest BCUT2D eigenvalue weighted by molar-refractivity contribution is 5.76. The quantitative estimate of drug-likeness (QED) is 0.0747. The van der Waals surface area contributed by atoms with E-state index in [-0.39, 0.29) is 13.1 Å². The number of nitrogens with zero attached hydrogens (tertiary/aromatic N) is 2. The molecule has 3 rings (SSSR count). The molecule has 0 aromatic carbocycles. The third-order valence-electron chi connectivity index (χ3n) is 8.18. The van der Waals surface area contributed by atoms with Crippen molar-refractivity contribution in [3.05, 3.63) is 0 Å². The number of rotatable bonds is 11. The van der Waals surface area contributed by atoms with Gasteiger partial charge in [0.25, 0.3) is 0 Å². The summed E-state index contributed by atoms with van der Waals surface area (Å²) in [5, 5.41) is 95.4. The van der Waals surface area contributed by atoms with Crippen LogP contribution in [0.2, 0.25) is 0 Å². The van der Waals surface area contributed by atoms with Crippen LogP contribution >= 0.6 is 0 Å². The van der Waals surface area contributed by atoms with E-state index in [9.17, 15) is 40.9 Å². The van der Waals surface area contributed by atoms with Crippen LogP contribution < -0.4 is 28.3 Å². The van der Waals surface area contributed by atoms with Crippen LogP contribution in [0.4, 0.5) is 0 Å². The largest absolute Gasteiger partial charge is 0.394 e. The first-order valence-corrected chi connectivity index (χ1v) is 13.7. The van der Waals surface area contributed by atoms with Crippen LogP contribution in [0.1, 0.15) is 6.92 Å². The van der Waals surface area contributed by atoms with Crippen LogP contribution in [0.5, 0.6) is 0 Å². The van der Waals surface area contributed by atoms with Gasteiger partial charge >= 0.3 is 0 Å². The van der Waals surface area contributed by atoms with Crippen molar-refractivity contribution < 1.29 is 59.8 Å². The monoisotopic (exact) mass is 626 g/mol. The Morgan fingerprint density at radius 2 is 1.63 bits per heavy atom. The minimum Gasteiger partial charge on any atom is -0.394 e. The Balaban J connectivity index is 1.99. The molecule has 7 unspecified atom stereocenters. The summed E-state index contributed by atoms with van der Waals surface area (Å²) in [6, 6.07) is -3.98. The molecule has 3 fully saturated rings. The third kappa shape index (κ3) is 7.12. The zero-order valence-electron chi connectivity index (χ0n) is 23.8. The van der Waals surface area contributed by atoms with Gasteiger partial charge in [-0.25, -0.2) is 4.99 Å². The third-order valence-corrected chi connectivity index (χ3v) is 8.18. The van der Waals surface area contributed by atoms with Gasteiger partial charge in [0.1, 0.15) is 60.5 Å². The zero-order valence-corrected chi connectivity index (χ0v) is 23.8. The molecule has 2 saturated heterocycles. The Hall–Kier alpha value is -2.02. The van der Waals surface area contributed by atoms with E-state index in [1.54, 1.807) is 7.05 Å². The number of nitrogens with one attached hydrogen (secondary N) is 2.